The predicted molar refractivity (Wildman–Crippen MR) is 63.8 cm³/mol. The van der Waals surface area contributed by atoms with Gasteiger partial charge in [0.25, 0.3) is 0 Å². The van der Waals surface area contributed by atoms with E-state index in [4.69, 9.17) is 0 Å². The molecule has 0 unspecified atom stereocenters. The predicted octanol–water partition coefficient (Wildman–Crippen LogP) is 2.21. The van der Waals surface area contributed by atoms with Crippen molar-refractivity contribution in [1.29, 1.82) is 0 Å². The fourth-order valence-electron chi connectivity index (χ4n) is 1.75. The largest absolute Gasteiger partial charge is 0.242 e. The fraction of sp³-hybridized carbons (Fsp3) is 0.0909. The highest BCUT2D eigenvalue weighted by Crippen LogP contribution is 2.36. The summed E-state index contributed by atoms with van der Waals surface area (Å²) in [6.45, 7) is 0.426. The zero-order valence-electron chi connectivity index (χ0n) is 8.30. The quantitative estimate of drug-likeness (QED) is 0.844. The van der Waals surface area contributed by atoms with Crippen molar-refractivity contribution in [2.75, 3.05) is 0 Å². The first-order chi connectivity index (χ1) is 7.67. The SMILES string of the molecule is O=S1(=O)NCc2sc(-c3ccccc3)cc21. The van der Waals surface area contributed by atoms with Crippen molar-refractivity contribution in [3.8, 4) is 10.4 Å². The van der Waals surface area contributed by atoms with Gasteiger partial charge in [-0.05, 0) is 11.6 Å². The highest BCUT2D eigenvalue weighted by Gasteiger charge is 2.28. The summed E-state index contributed by atoms with van der Waals surface area (Å²) in [7, 11) is -3.23. The fourth-order valence-corrected chi connectivity index (χ4v) is 4.50. The molecule has 3 rings (SSSR count). The Balaban J connectivity index is 2.15. The zero-order chi connectivity index (χ0) is 11.2. The lowest BCUT2D eigenvalue weighted by Crippen LogP contribution is -2.13. The molecular formula is C11H9NO2S2. The number of nitrogens with one attached hydrogen (secondary N) is 1. The topological polar surface area (TPSA) is 46.2 Å². The van der Waals surface area contributed by atoms with Gasteiger partial charge in [0.1, 0.15) is 0 Å². The first-order valence-corrected chi connectivity index (χ1v) is 7.14. The molecule has 5 heteroatoms. The maximum absolute atomic E-state index is 11.6. The summed E-state index contributed by atoms with van der Waals surface area (Å²) in [5.74, 6) is 0. The standard InChI is InChI=1S/C11H9NO2S2/c13-16(14)11-6-9(15-10(11)7-12-16)8-4-2-1-3-5-8/h1-6,12H,7H2. The van der Waals surface area contributed by atoms with Crippen molar-refractivity contribution < 1.29 is 8.42 Å². The van der Waals surface area contributed by atoms with Gasteiger partial charge in [0.2, 0.25) is 10.0 Å². The van der Waals surface area contributed by atoms with Crippen LogP contribution in [0.15, 0.2) is 41.3 Å². The summed E-state index contributed by atoms with van der Waals surface area (Å²) in [6, 6.07) is 11.6. The Morgan fingerprint density at radius 3 is 2.62 bits per heavy atom. The van der Waals surface area contributed by atoms with E-state index in [1.165, 1.54) is 11.3 Å². The molecular weight excluding hydrogens is 242 g/mol. The molecule has 0 aliphatic carbocycles. The highest BCUT2D eigenvalue weighted by molar-refractivity contribution is 7.90. The van der Waals surface area contributed by atoms with E-state index in [1.54, 1.807) is 6.07 Å². The van der Waals surface area contributed by atoms with Crippen LogP contribution in [0.4, 0.5) is 0 Å². The Morgan fingerprint density at radius 1 is 1.19 bits per heavy atom. The number of hydrogen-bond acceptors (Lipinski definition) is 3. The van der Waals surface area contributed by atoms with Gasteiger partial charge in [0.15, 0.2) is 0 Å². The Hall–Kier alpha value is -1.17. The molecule has 3 nitrogen and oxygen atoms in total. The van der Waals surface area contributed by atoms with E-state index in [-0.39, 0.29) is 0 Å². The molecule has 82 valence electrons. The van der Waals surface area contributed by atoms with Crippen molar-refractivity contribution in [2.45, 2.75) is 11.4 Å². The van der Waals surface area contributed by atoms with Gasteiger partial charge in [0.05, 0.1) is 4.90 Å². The van der Waals surface area contributed by atoms with Crippen LogP contribution in [0, 0.1) is 0 Å². The lowest BCUT2D eigenvalue weighted by Gasteiger charge is -1.96. The molecule has 1 aliphatic heterocycles. The van der Waals surface area contributed by atoms with Gasteiger partial charge in [-0.3, -0.25) is 0 Å². The third-order valence-corrected chi connectivity index (χ3v) is 5.32. The average Bonchev–Trinajstić information content (AvgIpc) is 2.82. The van der Waals surface area contributed by atoms with Gasteiger partial charge in [-0.2, -0.15) is 0 Å². The van der Waals surface area contributed by atoms with Crippen LogP contribution in [-0.2, 0) is 16.6 Å². The van der Waals surface area contributed by atoms with E-state index in [0.717, 1.165) is 15.3 Å². The van der Waals surface area contributed by atoms with Crippen molar-refractivity contribution in [3.63, 3.8) is 0 Å². The lowest BCUT2D eigenvalue weighted by molar-refractivity contribution is 0.589. The molecule has 0 radical (unpaired) electrons. The lowest BCUT2D eigenvalue weighted by atomic mass is 10.2. The van der Waals surface area contributed by atoms with Crippen molar-refractivity contribution in [3.05, 3.63) is 41.3 Å². The first-order valence-electron chi connectivity index (χ1n) is 4.84. The molecule has 0 saturated carbocycles. The van der Waals surface area contributed by atoms with E-state index in [2.05, 4.69) is 4.72 Å². The molecule has 16 heavy (non-hydrogen) atoms. The summed E-state index contributed by atoms with van der Waals surface area (Å²) >= 11 is 1.54. The van der Waals surface area contributed by atoms with E-state index in [1.807, 2.05) is 30.3 Å². The Kier molecular flexibility index (Phi) is 2.14. The Morgan fingerprint density at radius 2 is 1.94 bits per heavy atom. The number of hydrogen-bond donors (Lipinski definition) is 1. The van der Waals surface area contributed by atoms with Crippen molar-refractivity contribution in [2.24, 2.45) is 0 Å². The highest BCUT2D eigenvalue weighted by atomic mass is 32.2. The van der Waals surface area contributed by atoms with Crippen LogP contribution < -0.4 is 4.72 Å². The summed E-state index contributed by atoms with van der Waals surface area (Å²) in [5.41, 5.74) is 1.07. The van der Waals surface area contributed by atoms with Gasteiger partial charge in [-0.1, -0.05) is 30.3 Å². The smallest absolute Gasteiger partial charge is 0.207 e. The summed E-state index contributed by atoms with van der Waals surface area (Å²) in [5, 5.41) is 0. The minimum atomic E-state index is -3.23. The third kappa shape index (κ3) is 1.48. The van der Waals surface area contributed by atoms with Crippen molar-refractivity contribution >= 4 is 21.4 Å². The molecule has 0 fully saturated rings. The van der Waals surface area contributed by atoms with Crippen LogP contribution in [0.2, 0.25) is 0 Å². The van der Waals surface area contributed by atoms with Crippen LogP contribution >= 0.6 is 11.3 Å². The molecule has 2 aromatic rings. The maximum atomic E-state index is 11.6. The van der Waals surface area contributed by atoms with Gasteiger partial charge in [-0.15, -0.1) is 11.3 Å². The van der Waals surface area contributed by atoms with Gasteiger partial charge < -0.3 is 0 Å². The van der Waals surface area contributed by atoms with Crippen molar-refractivity contribution in [1.82, 2.24) is 4.72 Å². The summed E-state index contributed by atoms with van der Waals surface area (Å²) < 4.78 is 25.7. The van der Waals surface area contributed by atoms with Crippen LogP contribution in [-0.4, -0.2) is 8.42 Å². The summed E-state index contributed by atoms with van der Waals surface area (Å²) in [6.07, 6.45) is 0. The minimum absolute atomic E-state index is 0.426. The van der Waals surface area contributed by atoms with E-state index in [9.17, 15) is 8.42 Å². The average molecular weight is 251 g/mol. The second-order valence-corrected chi connectivity index (χ2v) is 6.46. The third-order valence-electron chi connectivity index (χ3n) is 2.54. The molecule has 1 N–H and O–H groups in total. The Labute approximate surface area is 97.8 Å². The molecule has 0 spiro atoms. The molecule has 1 aromatic carbocycles. The number of fused-ring (bicyclic) bond motifs is 1. The number of sulfonamides is 1. The minimum Gasteiger partial charge on any atom is -0.207 e. The van der Waals surface area contributed by atoms with Crippen LogP contribution in [0.25, 0.3) is 10.4 Å². The molecule has 0 atom stereocenters. The number of benzene rings is 1. The Bertz CT molecular complexity index is 629. The first kappa shape index (κ1) is 10.0. The molecule has 0 saturated heterocycles. The van der Waals surface area contributed by atoms with E-state index >= 15 is 0 Å². The van der Waals surface area contributed by atoms with Gasteiger partial charge in [-0.25, -0.2) is 13.1 Å². The molecule has 1 aromatic heterocycles. The molecule has 0 amide bonds. The van der Waals surface area contributed by atoms with Crippen LogP contribution in [0.5, 0.6) is 0 Å². The normalized spacial score (nSPS) is 17.2. The number of thiophene rings is 1. The molecule has 2 heterocycles. The second-order valence-electron chi connectivity index (χ2n) is 3.59. The van der Waals surface area contributed by atoms with E-state index in [0.29, 0.717) is 11.4 Å². The number of rotatable bonds is 1. The monoisotopic (exact) mass is 251 g/mol. The second kappa shape index (κ2) is 3.41. The van der Waals surface area contributed by atoms with Crippen LogP contribution in [0.3, 0.4) is 0 Å². The molecule has 0 bridgehead atoms. The maximum Gasteiger partial charge on any atom is 0.242 e. The molecule has 1 aliphatic rings. The van der Waals surface area contributed by atoms with Gasteiger partial charge >= 0.3 is 0 Å². The summed E-state index contributed by atoms with van der Waals surface area (Å²) in [4.78, 5) is 2.35. The van der Waals surface area contributed by atoms with Gasteiger partial charge in [0, 0.05) is 16.3 Å². The van der Waals surface area contributed by atoms with Crippen LogP contribution in [0.1, 0.15) is 4.88 Å². The van der Waals surface area contributed by atoms with E-state index < -0.39 is 10.0 Å². The zero-order valence-corrected chi connectivity index (χ0v) is 9.94.